The average molecular weight is 308 g/mol. The minimum Gasteiger partial charge on any atom is -0.328 e. The van der Waals surface area contributed by atoms with Crippen LogP contribution in [0.15, 0.2) is 29.2 Å². The van der Waals surface area contributed by atoms with Crippen LogP contribution in [-0.2, 0) is 15.4 Å². The lowest BCUT2D eigenvalue weighted by Crippen LogP contribution is -2.55. The van der Waals surface area contributed by atoms with Gasteiger partial charge in [0.15, 0.2) is 9.84 Å². The van der Waals surface area contributed by atoms with Gasteiger partial charge >= 0.3 is 0 Å². The minimum absolute atomic E-state index is 0.203. The number of fused-ring (bicyclic) bond motifs is 1. The smallest absolute Gasteiger partial charge is 0.178 e. The van der Waals surface area contributed by atoms with E-state index in [0.29, 0.717) is 23.9 Å². The molecule has 4 nitrogen and oxygen atoms in total. The Kier molecular flexibility index (Phi) is 3.84. The van der Waals surface area contributed by atoms with Crippen LogP contribution in [0.1, 0.15) is 38.2 Å². The van der Waals surface area contributed by atoms with Crippen molar-refractivity contribution >= 4 is 9.84 Å². The van der Waals surface area contributed by atoms with Gasteiger partial charge < -0.3 is 5.73 Å². The van der Waals surface area contributed by atoms with E-state index in [9.17, 15) is 8.42 Å². The van der Waals surface area contributed by atoms with Gasteiger partial charge in [-0.1, -0.05) is 25.1 Å². The standard InChI is InChI=1S/C16H24N2O2S/c1-2-10-18(13-7-8-13)16(12-17)9-11-21(19,20)15-6-4-3-5-14(15)16/h3-6,13H,2,7-12,17H2,1H3. The first-order valence-electron chi connectivity index (χ1n) is 7.84. The monoisotopic (exact) mass is 308 g/mol. The first kappa shape index (κ1) is 15.0. The van der Waals surface area contributed by atoms with Crippen molar-refractivity contribution in [1.29, 1.82) is 0 Å². The molecule has 116 valence electrons. The Balaban J connectivity index is 2.14. The zero-order valence-electron chi connectivity index (χ0n) is 12.6. The van der Waals surface area contributed by atoms with E-state index < -0.39 is 9.84 Å². The summed E-state index contributed by atoms with van der Waals surface area (Å²) in [6, 6.07) is 8.02. The van der Waals surface area contributed by atoms with E-state index in [-0.39, 0.29) is 11.3 Å². The largest absolute Gasteiger partial charge is 0.328 e. The molecule has 2 aliphatic rings. The van der Waals surface area contributed by atoms with E-state index in [4.69, 9.17) is 5.73 Å². The van der Waals surface area contributed by atoms with Crippen molar-refractivity contribution in [3.8, 4) is 0 Å². The molecule has 3 rings (SSSR count). The van der Waals surface area contributed by atoms with E-state index in [2.05, 4.69) is 11.8 Å². The van der Waals surface area contributed by atoms with Crippen molar-refractivity contribution in [3.63, 3.8) is 0 Å². The first-order valence-corrected chi connectivity index (χ1v) is 9.49. The molecule has 0 aromatic heterocycles. The fraction of sp³-hybridized carbons (Fsp3) is 0.625. The molecule has 1 heterocycles. The van der Waals surface area contributed by atoms with E-state index >= 15 is 0 Å². The summed E-state index contributed by atoms with van der Waals surface area (Å²) in [6.45, 7) is 3.64. The highest BCUT2D eigenvalue weighted by molar-refractivity contribution is 7.91. The number of hydrogen-bond acceptors (Lipinski definition) is 4. The fourth-order valence-electron chi connectivity index (χ4n) is 3.67. The van der Waals surface area contributed by atoms with Crippen LogP contribution in [0.25, 0.3) is 0 Å². The Labute approximate surface area is 127 Å². The second-order valence-corrected chi connectivity index (χ2v) is 8.30. The van der Waals surface area contributed by atoms with Crippen LogP contribution >= 0.6 is 0 Å². The van der Waals surface area contributed by atoms with Crippen LogP contribution < -0.4 is 5.73 Å². The number of hydrogen-bond donors (Lipinski definition) is 1. The maximum atomic E-state index is 12.4. The Morgan fingerprint density at radius 3 is 2.67 bits per heavy atom. The van der Waals surface area contributed by atoms with Gasteiger partial charge in [0, 0.05) is 12.6 Å². The minimum atomic E-state index is -3.16. The van der Waals surface area contributed by atoms with E-state index in [1.807, 2.05) is 18.2 Å². The lowest BCUT2D eigenvalue weighted by atomic mass is 9.84. The Morgan fingerprint density at radius 1 is 1.33 bits per heavy atom. The van der Waals surface area contributed by atoms with Gasteiger partial charge in [-0.2, -0.15) is 0 Å². The third-order valence-corrected chi connectivity index (χ3v) is 6.62. The predicted octanol–water partition coefficient (Wildman–Crippen LogP) is 1.89. The van der Waals surface area contributed by atoms with Gasteiger partial charge in [-0.25, -0.2) is 8.42 Å². The number of nitrogens with two attached hydrogens (primary N) is 1. The summed E-state index contributed by atoms with van der Waals surface area (Å²) >= 11 is 0. The molecule has 5 heteroatoms. The molecule has 1 fully saturated rings. The zero-order valence-corrected chi connectivity index (χ0v) is 13.4. The second kappa shape index (κ2) is 5.38. The molecule has 0 amide bonds. The third kappa shape index (κ3) is 2.41. The molecule has 0 spiro atoms. The van der Waals surface area contributed by atoms with Crippen LogP contribution in [-0.4, -0.2) is 38.2 Å². The normalized spacial score (nSPS) is 27.6. The molecule has 0 bridgehead atoms. The molecular formula is C16H24N2O2S. The molecule has 1 aliphatic carbocycles. The number of nitrogens with zero attached hydrogens (tertiary/aromatic N) is 1. The number of sulfone groups is 1. The third-order valence-electron chi connectivity index (χ3n) is 4.85. The summed E-state index contributed by atoms with van der Waals surface area (Å²) in [7, 11) is -3.16. The molecule has 1 aliphatic heterocycles. The lowest BCUT2D eigenvalue weighted by Gasteiger charge is -2.47. The van der Waals surface area contributed by atoms with Gasteiger partial charge in [-0.05, 0) is 43.9 Å². The summed E-state index contributed by atoms with van der Waals surface area (Å²) in [5.41, 5.74) is 6.81. The van der Waals surface area contributed by atoms with Gasteiger partial charge in [-0.3, -0.25) is 4.90 Å². The number of benzene rings is 1. The van der Waals surface area contributed by atoms with Crippen LogP contribution in [0, 0.1) is 0 Å². The Hall–Kier alpha value is -0.910. The summed E-state index contributed by atoms with van der Waals surface area (Å²) in [5.74, 6) is 0.203. The van der Waals surface area contributed by atoms with Crippen molar-refractivity contribution in [2.24, 2.45) is 5.73 Å². The van der Waals surface area contributed by atoms with Crippen LogP contribution in [0.4, 0.5) is 0 Å². The number of rotatable bonds is 5. The maximum absolute atomic E-state index is 12.4. The SMILES string of the molecule is CCCN(C1CC1)C1(CN)CCS(=O)(=O)c2ccccc21. The highest BCUT2D eigenvalue weighted by Crippen LogP contribution is 2.45. The Morgan fingerprint density at radius 2 is 2.05 bits per heavy atom. The van der Waals surface area contributed by atoms with E-state index in [0.717, 1.165) is 18.5 Å². The fourth-order valence-corrected chi connectivity index (χ4v) is 5.38. The molecule has 1 saturated carbocycles. The van der Waals surface area contributed by atoms with Gasteiger partial charge in [0.25, 0.3) is 0 Å². The van der Waals surface area contributed by atoms with Crippen LogP contribution in [0.2, 0.25) is 0 Å². The second-order valence-electron chi connectivity index (χ2n) is 6.23. The molecule has 2 N–H and O–H groups in total. The van der Waals surface area contributed by atoms with Crippen molar-refractivity contribution in [1.82, 2.24) is 4.90 Å². The molecule has 1 aromatic carbocycles. The summed E-state index contributed by atoms with van der Waals surface area (Å²) in [4.78, 5) is 2.98. The van der Waals surface area contributed by atoms with Gasteiger partial charge in [-0.15, -0.1) is 0 Å². The zero-order chi connectivity index (χ0) is 15.1. The van der Waals surface area contributed by atoms with Gasteiger partial charge in [0.05, 0.1) is 16.2 Å². The van der Waals surface area contributed by atoms with Gasteiger partial charge in [0.1, 0.15) is 0 Å². The quantitative estimate of drug-likeness (QED) is 0.902. The highest BCUT2D eigenvalue weighted by atomic mass is 32.2. The van der Waals surface area contributed by atoms with E-state index in [1.165, 1.54) is 12.8 Å². The topological polar surface area (TPSA) is 63.4 Å². The maximum Gasteiger partial charge on any atom is 0.178 e. The molecular weight excluding hydrogens is 284 g/mol. The molecule has 1 aromatic rings. The summed E-state index contributed by atoms with van der Waals surface area (Å²) in [6.07, 6.45) is 4.08. The van der Waals surface area contributed by atoms with Crippen LogP contribution in [0.3, 0.4) is 0 Å². The van der Waals surface area contributed by atoms with Crippen molar-refractivity contribution < 1.29 is 8.42 Å². The first-order chi connectivity index (χ1) is 10.0. The van der Waals surface area contributed by atoms with Gasteiger partial charge in [0.2, 0.25) is 0 Å². The Bertz CT molecular complexity index is 625. The van der Waals surface area contributed by atoms with E-state index in [1.54, 1.807) is 6.07 Å². The molecule has 1 atom stereocenters. The van der Waals surface area contributed by atoms with Crippen molar-refractivity contribution in [2.45, 2.75) is 49.1 Å². The van der Waals surface area contributed by atoms with Crippen molar-refractivity contribution in [2.75, 3.05) is 18.8 Å². The predicted molar refractivity (Wildman–Crippen MR) is 83.9 cm³/mol. The summed E-state index contributed by atoms with van der Waals surface area (Å²) in [5, 5.41) is 0. The highest BCUT2D eigenvalue weighted by Gasteiger charge is 2.49. The molecule has 1 unspecified atom stereocenters. The molecule has 21 heavy (non-hydrogen) atoms. The lowest BCUT2D eigenvalue weighted by molar-refractivity contribution is 0.0739. The molecule has 0 saturated heterocycles. The summed E-state index contributed by atoms with van der Waals surface area (Å²) < 4.78 is 24.8. The van der Waals surface area contributed by atoms with Crippen molar-refractivity contribution in [3.05, 3.63) is 29.8 Å². The average Bonchev–Trinajstić information content (AvgIpc) is 3.31. The van der Waals surface area contributed by atoms with Crippen LogP contribution in [0.5, 0.6) is 0 Å². The molecule has 0 radical (unpaired) electrons.